The third-order valence-electron chi connectivity index (χ3n) is 3.94. The van der Waals surface area contributed by atoms with Crippen molar-refractivity contribution < 1.29 is 0 Å². The zero-order valence-corrected chi connectivity index (χ0v) is 11.9. The Kier molecular flexibility index (Phi) is 3.58. The SMILES string of the molecule is CSc1ccc(C(N)C2CCc3cccnc32)cc1. The van der Waals surface area contributed by atoms with Crippen LogP contribution in [0.1, 0.15) is 35.2 Å². The lowest BCUT2D eigenvalue weighted by atomic mass is 9.92. The second kappa shape index (κ2) is 5.35. The lowest BCUT2D eigenvalue weighted by Crippen LogP contribution is -2.18. The Bertz CT molecular complexity index is 565. The maximum atomic E-state index is 6.46. The van der Waals surface area contributed by atoms with Crippen molar-refractivity contribution in [3.63, 3.8) is 0 Å². The van der Waals surface area contributed by atoms with Gasteiger partial charge in [-0.05, 0) is 48.4 Å². The van der Waals surface area contributed by atoms with Crippen molar-refractivity contribution in [3.8, 4) is 0 Å². The highest BCUT2D eigenvalue weighted by Crippen LogP contribution is 2.39. The van der Waals surface area contributed by atoms with Gasteiger partial charge in [-0.15, -0.1) is 11.8 Å². The summed E-state index contributed by atoms with van der Waals surface area (Å²) >= 11 is 1.76. The number of thioether (sulfide) groups is 1. The normalized spacial score (nSPS) is 19.2. The maximum Gasteiger partial charge on any atom is 0.0485 e. The fourth-order valence-corrected chi connectivity index (χ4v) is 3.26. The molecule has 3 heteroatoms. The summed E-state index contributed by atoms with van der Waals surface area (Å²) in [7, 11) is 0. The number of pyridine rings is 1. The van der Waals surface area contributed by atoms with Crippen molar-refractivity contribution >= 4 is 11.8 Å². The number of hydrogen-bond donors (Lipinski definition) is 1. The summed E-state index contributed by atoms with van der Waals surface area (Å²) in [6.45, 7) is 0. The van der Waals surface area contributed by atoms with E-state index in [1.54, 1.807) is 11.8 Å². The average Bonchev–Trinajstić information content (AvgIpc) is 2.90. The van der Waals surface area contributed by atoms with Crippen molar-refractivity contribution in [3.05, 3.63) is 59.4 Å². The number of nitrogens with zero attached hydrogens (tertiary/aromatic N) is 1. The van der Waals surface area contributed by atoms with Gasteiger partial charge in [0.15, 0.2) is 0 Å². The summed E-state index contributed by atoms with van der Waals surface area (Å²) in [6, 6.07) is 12.8. The van der Waals surface area contributed by atoms with Gasteiger partial charge in [0.1, 0.15) is 0 Å². The van der Waals surface area contributed by atoms with Crippen molar-refractivity contribution in [1.29, 1.82) is 0 Å². The molecule has 1 aromatic heterocycles. The van der Waals surface area contributed by atoms with Gasteiger partial charge in [-0.25, -0.2) is 0 Å². The van der Waals surface area contributed by atoms with Crippen molar-refractivity contribution in [2.75, 3.05) is 6.26 Å². The number of aromatic nitrogens is 1. The third-order valence-corrected chi connectivity index (χ3v) is 4.68. The van der Waals surface area contributed by atoms with Crippen LogP contribution in [0.3, 0.4) is 0 Å². The van der Waals surface area contributed by atoms with Gasteiger partial charge in [0.25, 0.3) is 0 Å². The molecular formula is C16H18N2S. The summed E-state index contributed by atoms with van der Waals surface area (Å²) in [5.74, 6) is 0.358. The number of nitrogens with two attached hydrogens (primary N) is 1. The monoisotopic (exact) mass is 270 g/mol. The van der Waals surface area contributed by atoms with Crippen LogP contribution >= 0.6 is 11.8 Å². The highest BCUT2D eigenvalue weighted by molar-refractivity contribution is 7.98. The maximum absolute atomic E-state index is 6.46. The summed E-state index contributed by atoms with van der Waals surface area (Å²) in [5.41, 5.74) is 10.2. The molecule has 0 aliphatic heterocycles. The van der Waals surface area contributed by atoms with E-state index < -0.39 is 0 Å². The molecule has 0 bridgehead atoms. The highest BCUT2D eigenvalue weighted by atomic mass is 32.2. The highest BCUT2D eigenvalue weighted by Gasteiger charge is 2.29. The molecule has 2 unspecified atom stereocenters. The molecule has 2 N–H and O–H groups in total. The van der Waals surface area contributed by atoms with Crippen LogP contribution in [0.25, 0.3) is 0 Å². The molecule has 0 radical (unpaired) electrons. The van der Waals surface area contributed by atoms with E-state index in [4.69, 9.17) is 5.73 Å². The quantitative estimate of drug-likeness (QED) is 0.867. The topological polar surface area (TPSA) is 38.9 Å². The molecule has 1 aromatic carbocycles. The molecule has 98 valence electrons. The Hall–Kier alpha value is -1.32. The van der Waals surface area contributed by atoms with Crippen LogP contribution in [0, 0.1) is 0 Å². The van der Waals surface area contributed by atoms with E-state index in [-0.39, 0.29) is 6.04 Å². The fourth-order valence-electron chi connectivity index (χ4n) is 2.85. The van der Waals surface area contributed by atoms with E-state index in [9.17, 15) is 0 Å². The molecule has 19 heavy (non-hydrogen) atoms. The smallest absolute Gasteiger partial charge is 0.0485 e. The fraction of sp³-hybridized carbons (Fsp3) is 0.312. The van der Waals surface area contributed by atoms with Crippen LogP contribution in [0.2, 0.25) is 0 Å². The molecule has 2 nitrogen and oxygen atoms in total. The van der Waals surface area contributed by atoms with E-state index in [1.165, 1.54) is 21.7 Å². The molecule has 0 amide bonds. The van der Waals surface area contributed by atoms with Crippen LogP contribution < -0.4 is 5.73 Å². The second-order valence-corrected chi connectivity index (χ2v) is 5.87. The first kappa shape index (κ1) is 12.7. The minimum atomic E-state index is 0.0482. The van der Waals surface area contributed by atoms with Crippen LogP contribution in [-0.2, 0) is 6.42 Å². The Morgan fingerprint density at radius 3 is 2.79 bits per heavy atom. The standard InChI is InChI=1S/C16H18N2S/c1-19-13-7-4-11(5-8-13)15(17)14-9-6-12-3-2-10-18-16(12)14/h2-5,7-8,10,14-15H,6,9,17H2,1H3. The molecule has 1 heterocycles. The molecule has 0 fully saturated rings. The van der Waals surface area contributed by atoms with E-state index in [0.717, 1.165) is 12.8 Å². The molecule has 2 aromatic rings. The molecule has 0 spiro atoms. The number of fused-ring (bicyclic) bond motifs is 1. The second-order valence-electron chi connectivity index (χ2n) is 4.99. The van der Waals surface area contributed by atoms with Crippen molar-refractivity contribution in [2.45, 2.75) is 29.7 Å². The minimum absolute atomic E-state index is 0.0482. The molecule has 3 rings (SSSR count). The number of benzene rings is 1. The molecular weight excluding hydrogens is 252 g/mol. The largest absolute Gasteiger partial charge is 0.323 e. The van der Waals surface area contributed by atoms with Gasteiger partial charge in [0.05, 0.1) is 0 Å². The van der Waals surface area contributed by atoms with Gasteiger partial charge < -0.3 is 5.73 Å². The van der Waals surface area contributed by atoms with Gasteiger partial charge in [0, 0.05) is 28.7 Å². The van der Waals surface area contributed by atoms with Crippen molar-refractivity contribution in [2.24, 2.45) is 5.73 Å². The minimum Gasteiger partial charge on any atom is -0.323 e. The van der Waals surface area contributed by atoms with E-state index in [0.29, 0.717) is 5.92 Å². The van der Waals surface area contributed by atoms with Crippen LogP contribution in [0.4, 0.5) is 0 Å². The Morgan fingerprint density at radius 1 is 1.26 bits per heavy atom. The number of aryl methyl sites for hydroxylation is 1. The first-order valence-electron chi connectivity index (χ1n) is 6.63. The zero-order chi connectivity index (χ0) is 13.2. The summed E-state index contributed by atoms with van der Waals surface area (Å²) in [5, 5.41) is 0. The lowest BCUT2D eigenvalue weighted by Gasteiger charge is -2.20. The summed E-state index contributed by atoms with van der Waals surface area (Å²) in [4.78, 5) is 5.82. The number of rotatable bonds is 3. The van der Waals surface area contributed by atoms with Gasteiger partial charge in [-0.1, -0.05) is 18.2 Å². The van der Waals surface area contributed by atoms with Gasteiger partial charge in [0.2, 0.25) is 0 Å². The van der Waals surface area contributed by atoms with Crippen LogP contribution in [-0.4, -0.2) is 11.2 Å². The Morgan fingerprint density at radius 2 is 2.05 bits per heavy atom. The first-order valence-corrected chi connectivity index (χ1v) is 7.85. The van der Waals surface area contributed by atoms with Crippen LogP contribution in [0.15, 0.2) is 47.5 Å². The number of hydrogen-bond acceptors (Lipinski definition) is 3. The predicted molar refractivity (Wildman–Crippen MR) is 80.5 cm³/mol. The third kappa shape index (κ3) is 2.40. The molecule has 1 aliphatic carbocycles. The average molecular weight is 270 g/mol. The molecule has 0 saturated heterocycles. The molecule has 2 atom stereocenters. The zero-order valence-electron chi connectivity index (χ0n) is 11.0. The predicted octanol–water partition coefficient (Wildman–Crippen LogP) is 3.53. The Balaban J connectivity index is 1.86. The summed E-state index contributed by atoms with van der Waals surface area (Å²) in [6.07, 6.45) is 6.18. The van der Waals surface area contributed by atoms with E-state index in [1.807, 2.05) is 12.3 Å². The first-order chi connectivity index (χ1) is 9.29. The van der Waals surface area contributed by atoms with E-state index in [2.05, 4.69) is 41.6 Å². The van der Waals surface area contributed by atoms with Gasteiger partial charge in [-0.3, -0.25) is 4.98 Å². The van der Waals surface area contributed by atoms with Crippen LogP contribution in [0.5, 0.6) is 0 Å². The molecule has 1 aliphatic rings. The Labute approximate surface area is 118 Å². The lowest BCUT2D eigenvalue weighted by molar-refractivity contribution is 0.541. The van der Waals surface area contributed by atoms with Gasteiger partial charge in [-0.2, -0.15) is 0 Å². The molecule has 0 saturated carbocycles. The van der Waals surface area contributed by atoms with Gasteiger partial charge >= 0.3 is 0 Å². The summed E-state index contributed by atoms with van der Waals surface area (Å²) < 4.78 is 0. The van der Waals surface area contributed by atoms with E-state index >= 15 is 0 Å². The van der Waals surface area contributed by atoms with Crippen molar-refractivity contribution in [1.82, 2.24) is 4.98 Å².